The Morgan fingerprint density at radius 2 is 1.96 bits per heavy atom. The highest BCUT2D eigenvalue weighted by Crippen LogP contribution is 2.28. The third kappa shape index (κ3) is 3.89. The quantitative estimate of drug-likeness (QED) is 0.472. The van der Waals surface area contributed by atoms with Crippen LogP contribution in [0.25, 0.3) is 0 Å². The first kappa shape index (κ1) is 19.6. The van der Waals surface area contributed by atoms with Crippen LogP contribution in [0.5, 0.6) is 0 Å². The van der Waals surface area contributed by atoms with Gasteiger partial charge in [-0.3, -0.25) is 14.3 Å². The fourth-order valence-corrected chi connectivity index (χ4v) is 2.81. The molecule has 3 N–H and O–H groups in total. The van der Waals surface area contributed by atoms with E-state index in [0.717, 1.165) is 10.8 Å². The van der Waals surface area contributed by atoms with E-state index >= 15 is 0 Å². The van der Waals surface area contributed by atoms with Gasteiger partial charge in [0.05, 0.1) is 5.56 Å². The van der Waals surface area contributed by atoms with E-state index in [1.54, 1.807) is 30.3 Å². The molecular formula is C19H18N2O7. The summed E-state index contributed by atoms with van der Waals surface area (Å²) < 4.78 is 11.6. The molecule has 2 aromatic rings. The Bertz CT molecular complexity index is 1030. The molecule has 9 heteroatoms. The van der Waals surface area contributed by atoms with Crippen LogP contribution < -0.4 is 11.2 Å². The molecule has 28 heavy (non-hydrogen) atoms. The van der Waals surface area contributed by atoms with Crippen LogP contribution >= 0.6 is 0 Å². The van der Waals surface area contributed by atoms with E-state index in [1.807, 2.05) is 0 Å². The molecule has 1 aliphatic rings. The maximum Gasteiger partial charge on any atom is 0.338 e. The van der Waals surface area contributed by atoms with Crippen molar-refractivity contribution in [1.82, 2.24) is 9.55 Å². The second-order valence-corrected chi connectivity index (χ2v) is 6.10. The topological polar surface area (TPSA) is 131 Å². The third-order valence-corrected chi connectivity index (χ3v) is 4.23. The number of carbonyl (C=O) groups is 1. The minimum atomic E-state index is -1.48. The molecule has 9 nitrogen and oxygen atoms in total. The molecule has 0 amide bonds. The SMILES string of the molecule is CC#Cc1cn([C@@H]2O[C@H](COC(=O)c3ccccc3)[C@@H](O)[C@H]2O)c(=O)[nH]c1=O. The molecule has 3 rings (SSSR count). The Balaban J connectivity index is 1.76. The monoisotopic (exact) mass is 386 g/mol. The normalized spacial score (nSPS) is 23.7. The van der Waals surface area contributed by atoms with Gasteiger partial charge in [0.25, 0.3) is 5.56 Å². The molecule has 1 aromatic heterocycles. The van der Waals surface area contributed by atoms with Gasteiger partial charge in [-0.1, -0.05) is 24.1 Å². The number of aliphatic hydroxyl groups is 2. The lowest BCUT2D eigenvalue weighted by Crippen LogP contribution is -2.38. The van der Waals surface area contributed by atoms with Gasteiger partial charge in [0.1, 0.15) is 30.5 Å². The van der Waals surface area contributed by atoms with Crippen LogP contribution in [-0.2, 0) is 9.47 Å². The van der Waals surface area contributed by atoms with Crippen molar-refractivity contribution in [2.45, 2.75) is 31.5 Å². The van der Waals surface area contributed by atoms with Crippen molar-refractivity contribution < 1.29 is 24.5 Å². The summed E-state index contributed by atoms with van der Waals surface area (Å²) in [5, 5.41) is 20.5. The Labute approximate surface area is 159 Å². The van der Waals surface area contributed by atoms with Crippen LogP contribution in [0.15, 0.2) is 46.1 Å². The van der Waals surface area contributed by atoms with Crippen LogP contribution in [-0.4, -0.2) is 50.7 Å². The second-order valence-electron chi connectivity index (χ2n) is 6.10. The number of esters is 1. The first-order valence-electron chi connectivity index (χ1n) is 8.44. The average molecular weight is 386 g/mol. The van der Waals surface area contributed by atoms with E-state index in [9.17, 15) is 24.6 Å². The first-order valence-corrected chi connectivity index (χ1v) is 8.44. The molecule has 146 valence electrons. The number of aromatic amines is 1. The number of hydrogen-bond donors (Lipinski definition) is 3. The van der Waals surface area contributed by atoms with Gasteiger partial charge in [-0.15, -0.1) is 5.92 Å². The fraction of sp³-hybridized carbons (Fsp3) is 0.316. The number of benzene rings is 1. The van der Waals surface area contributed by atoms with Crippen LogP contribution in [0.2, 0.25) is 0 Å². The number of carbonyl (C=O) groups excluding carboxylic acids is 1. The van der Waals surface area contributed by atoms with E-state index in [-0.39, 0.29) is 12.2 Å². The zero-order valence-corrected chi connectivity index (χ0v) is 14.9. The summed E-state index contributed by atoms with van der Waals surface area (Å²) in [6.45, 7) is 1.19. The van der Waals surface area contributed by atoms with Crippen molar-refractivity contribution in [3.8, 4) is 11.8 Å². The van der Waals surface area contributed by atoms with Gasteiger partial charge in [0.15, 0.2) is 6.23 Å². The van der Waals surface area contributed by atoms with Gasteiger partial charge in [-0.05, 0) is 19.1 Å². The smallest absolute Gasteiger partial charge is 0.338 e. The Morgan fingerprint density at radius 1 is 1.25 bits per heavy atom. The minimum Gasteiger partial charge on any atom is -0.459 e. The van der Waals surface area contributed by atoms with E-state index in [1.165, 1.54) is 6.92 Å². The van der Waals surface area contributed by atoms with Crippen molar-refractivity contribution in [2.75, 3.05) is 6.61 Å². The molecule has 0 saturated carbocycles. The number of aliphatic hydroxyl groups excluding tert-OH is 2. The molecular weight excluding hydrogens is 368 g/mol. The Kier molecular flexibility index (Phi) is 5.75. The number of aromatic nitrogens is 2. The second kappa shape index (κ2) is 8.22. The lowest BCUT2D eigenvalue weighted by Gasteiger charge is -2.17. The molecule has 0 radical (unpaired) electrons. The van der Waals surface area contributed by atoms with E-state index in [2.05, 4.69) is 16.8 Å². The highest BCUT2D eigenvalue weighted by molar-refractivity contribution is 5.89. The standard InChI is InChI=1S/C19H18N2O7/c1-2-6-12-9-21(19(26)20-16(12)24)17-15(23)14(22)13(28-17)10-27-18(25)11-7-4-3-5-8-11/h3-5,7-9,13-15,17,22-23H,10H2,1H3,(H,20,24,26)/t13-,14-,15-,17-/m1/s1. The fourth-order valence-electron chi connectivity index (χ4n) is 2.81. The van der Waals surface area contributed by atoms with Crippen LogP contribution in [0.4, 0.5) is 0 Å². The predicted molar refractivity (Wildman–Crippen MR) is 96.5 cm³/mol. The van der Waals surface area contributed by atoms with Crippen molar-refractivity contribution in [2.24, 2.45) is 0 Å². The summed E-state index contributed by atoms with van der Waals surface area (Å²) in [5.74, 6) is 4.47. The van der Waals surface area contributed by atoms with E-state index in [4.69, 9.17) is 9.47 Å². The van der Waals surface area contributed by atoms with Crippen molar-refractivity contribution in [3.63, 3.8) is 0 Å². The zero-order chi connectivity index (χ0) is 20.3. The minimum absolute atomic E-state index is 0.00588. The maximum absolute atomic E-state index is 12.1. The van der Waals surface area contributed by atoms with Crippen LogP contribution in [0.1, 0.15) is 29.1 Å². The molecule has 1 aromatic carbocycles. The number of H-pyrrole nitrogens is 1. The summed E-state index contributed by atoms with van der Waals surface area (Å²) in [4.78, 5) is 37.9. The summed E-state index contributed by atoms with van der Waals surface area (Å²) in [5.41, 5.74) is -1.17. The van der Waals surface area contributed by atoms with Crippen molar-refractivity contribution in [3.05, 3.63) is 68.5 Å². The van der Waals surface area contributed by atoms with Gasteiger partial charge < -0.3 is 19.7 Å². The summed E-state index contributed by atoms with van der Waals surface area (Å²) >= 11 is 0. The lowest BCUT2D eigenvalue weighted by atomic mass is 10.1. The van der Waals surface area contributed by atoms with Gasteiger partial charge >= 0.3 is 11.7 Å². The predicted octanol–water partition coefficient (Wildman–Crippen LogP) is -0.616. The van der Waals surface area contributed by atoms with E-state index < -0.39 is 41.8 Å². The average Bonchev–Trinajstić information content (AvgIpc) is 2.97. The van der Waals surface area contributed by atoms with Crippen molar-refractivity contribution in [1.29, 1.82) is 0 Å². The van der Waals surface area contributed by atoms with Crippen LogP contribution in [0, 0.1) is 11.8 Å². The number of hydrogen-bond acceptors (Lipinski definition) is 7. The largest absolute Gasteiger partial charge is 0.459 e. The molecule has 0 aliphatic carbocycles. The van der Waals surface area contributed by atoms with Gasteiger partial charge in [0.2, 0.25) is 0 Å². The number of nitrogens with zero attached hydrogens (tertiary/aromatic N) is 1. The van der Waals surface area contributed by atoms with Gasteiger partial charge in [-0.2, -0.15) is 0 Å². The van der Waals surface area contributed by atoms with Crippen molar-refractivity contribution >= 4 is 5.97 Å². The first-order chi connectivity index (χ1) is 13.4. The lowest BCUT2D eigenvalue weighted by molar-refractivity contribution is -0.0599. The zero-order valence-electron chi connectivity index (χ0n) is 14.9. The molecule has 2 heterocycles. The highest BCUT2D eigenvalue weighted by atomic mass is 16.6. The summed E-state index contributed by atoms with van der Waals surface area (Å²) in [6, 6.07) is 8.25. The molecule has 0 bridgehead atoms. The Morgan fingerprint density at radius 3 is 2.64 bits per heavy atom. The molecule has 1 fully saturated rings. The van der Waals surface area contributed by atoms with Gasteiger partial charge in [0, 0.05) is 6.20 Å². The molecule has 4 atom stereocenters. The Hall–Kier alpha value is -3.19. The highest BCUT2D eigenvalue weighted by Gasteiger charge is 2.44. The molecule has 0 unspecified atom stereocenters. The molecule has 1 saturated heterocycles. The molecule has 0 spiro atoms. The molecule has 1 aliphatic heterocycles. The van der Waals surface area contributed by atoms with Crippen LogP contribution in [0.3, 0.4) is 0 Å². The van der Waals surface area contributed by atoms with E-state index in [0.29, 0.717) is 5.56 Å². The number of ether oxygens (including phenoxy) is 2. The number of nitrogens with one attached hydrogen (secondary N) is 1. The number of rotatable bonds is 4. The maximum atomic E-state index is 12.1. The third-order valence-electron chi connectivity index (χ3n) is 4.23. The summed E-state index contributed by atoms with van der Waals surface area (Å²) in [7, 11) is 0. The van der Waals surface area contributed by atoms with Gasteiger partial charge in [-0.25, -0.2) is 9.59 Å². The summed E-state index contributed by atoms with van der Waals surface area (Å²) in [6.07, 6.45) is -4.08.